The van der Waals surface area contributed by atoms with Gasteiger partial charge in [-0.1, -0.05) is 32.9 Å². The Balaban J connectivity index is 0.000000686. The summed E-state index contributed by atoms with van der Waals surface area (Å²) < 4.78 is 0. The molecular weight excluding hydrogens is 208 g/mol. The predicted octanol–water partition coefficient (Wildman–Crippen LogP) is 3.49. The first-order chi connectivity index (χ1) is 8.29. The molecule has 0 atom stereocenters. The first kappa shape index (κ1) is 14.0. The Morgan fingerprint density at radius 2 is 1.65 bits per heavy atom. The Morgan fingerprint density at radius 3 is 2.12 bits per heavy atom. The van der Waals surface area contributed by atoms with E-state index in [4.69, 9.17) is 5.73 Å². The molecule has 2 nitrogen and oxygen atoms in total. The lowest BCUT2D eigenvalue weighted by Crippen LogP contribution is -2.32. The molecule has 0 radical (unpaired) electrons. The molecule has 2 heteroatoms. The Morgan fingerprint density at radius 1 is 1.12 bits per heavy atom. The van der Waals surface area contributed by atoms with E-state index in [2.05, 4.69) is 24.0 Å². The van der Waals surface area contributed by atoms with E-state index in [0.717, 1.165) is 11.6 Å². The largest absolute Gasteiger partial charge is 0.399 e. The highest BCUT2D eigenvalue weighted by Gasteiger charge is 2.18. The van der Waals surface area contributed by atoms with Gasteiger partial charge in [0.15, 0.2) is 0 Å². The first-order valence-corrected chi connectivity index (χ1v) is 6.87. The topological polar surface area (TPSA) is 29.3 Å². The van der Waals surface area contributed by atoms with Gasteiger partial charge >= 0.3 is 0 Å². The molecule has 0 spiro atoms. The van der Waals surface area contributed by atoms with Gasteiger partial charge in [-0.25, -0.2) is 0 Å². The van der Waals surface area contributed by atoms with E-state index < -0.39 is 0 Å². The molecule has 17 heavy (non-hydrogen) atoms. The van der Waals surface area contributed by atoms with Crippen LogP contribution < -0.4 is 5.73 Å². The van der Waals surface area contributed by atoms with Crippen LogP contribution in [0, 0.1) is 0 Å². The second kappa shape index (κ2) is 7.33. The van der Waals surface area contributed by atoms with Gasteiger partial charge in [-0.15, -0.1) is 0 Å². The molecule has 0 aromatic heterocycles. The van der Waals surface area contributed by atoms with Crippen molar-refractivity contribution >= 4 is 5.69 Å². The van der Waals surface area contributed by atoms with Gasteiger partial charge in [0.2, 0.25) is 0 Å². The average Bonchev–Trinajstić information content (AvgIpc) is 2.42. The van der Waals surface area contributed by atoms with Crippen molar-refractivity contribution in [2.45, 2.75) is 39.5 Å². The van der Waals surface area contributed by atoms with Gasteiger partial charge in [-0.2, -0.15) is 0 Å². The molecule has 2 N–H and O–H groups in total. The van der Waals surface area contributed by atoms with Crippen LogP contribution in [-0.2, 0) is 0 Å². The summed E-state index contributed by atoms with van der Waals surface area (Å²) in [5.41, 5.74) is 8.02. The third-order valence-corrected chi connectivity index (χ3v) is 3.44. The van der Waals surface area contributed by atoms with E-state index in [1.165, 1.54) is 38.0 Å². The number of anilines is 1. The summed E-state index contributed by atoms with van der Waals surface area (Å²) in [6, 6.07) is 8.40. The maximum Gasteiger partial charge on any atom is 0.0314 e. The van der Waals surface area contributed by atoms with E-state index in [1.54, 1.807) is 0 Å². The van der Waals surface area contributed by atoms with Crippen molar-refractivity contribution in [3.05, 3.63) is 29.8 Å². The number of hydrogen-bond donors (Lipinski definition) is 1. The van der Waals surface area contributed by atoms with Crippen molar-refractivity contribution < 1.29 is 0 Å². The molecule has 1 saturated heterocycles. The molecule has 2 rings (SSSR count). The predicted molar refractivity (Wildman–Crippen MR) is 76.3 cm³/mol. The van der Waals surface area contributed by atoms with Crippen LogP contribution in [0.15, 0.2) is 24.3 Å². The molecule has 1 fully saturated rings. The Hall–Kier alpha value is -1.02. The Bertz CT molecular complexity index is 297. The summed E-state index contributed by atoms with van der Waals surface area (Å²) >= 11 is 0. The average molecular weight is 234 g/mol. The minimum atomic E-state index is 0.744. The van der Waals surface area contributed by atoms with Gasteiger partial charge in [0.25, 0.3) is 0 Å². The zero-order chi connectivity index (χ0) is 12.7. The van der Waals surface area contributed by atoms with Gasteiger partial charge in [0, 0.05) is 5.69 Å². The molecule has 0 saturated carbocycles. The minimum absolute atomic E-state index is 0.744. The second-order valence-corrected chi connectivity index (χ2v) is 4.38. The number of likely N-dealkylation sites (tertiary alicyclic amines) is 1. The summed E-state index contributed by atoms with van der Waals surface area (Å²) in [7, 11) is 0. The molecule has 1 aromatic carbocycles. The zero-order valence-corrected chi connectivity index (χ0v) is 11.4. The molecule has 0 bridgehead atoms. The van der Waals surface area contributed by atoms with Crippen LogP contribution in [0.25, 0.3) is 0 Å². The highest BCUT2D eigenvalue weighted by molar-refractivity contribution is 5.40. The number of piperidine rings is 1. The van der Waals surface area contributed by atoms with Crippen LogP contribution in [0.2, 0.25) is 0 Å². The number of benzene rings is 1. The molecular formula is C15H26N2. The number of hydrogen-bond acceptors (Lipinski definition) is 2. The summed E-state index contributed by atoms with van der Waals surface area (Å²) in [6.45, 7) is 9.91. The van der Waals surface area contributed by atoms with Crippen LogP contribution in [0.5, 0.6) is 0 Å². The van der Waals surface area contributed by atoms with Crippen molar-refractivity contribution in [1.29, 1.82) is 0 Å². The van der Waals surface area contributed by atoms with Gasteiger partial charge in [-0.05, 0) is 56.1 Å². The number of nitrogen functional groups attached to an aromatic ring is 1. The van der Waals surface area contributed by atoms with E-state index in [1.807, 2.05) is 26.0 Å². The third kappa shape index (κ3) is 4.04. The van der Waals surface area contributed by atoms with Crippen LogP contribution in [0.3, 0.4) is 0 Å². The summed E-state index contributed by atoms with van der Waals surface area (Å²) in [6.07, 6.45) is 2.58. The van der Waals surface area contributed by atoms with Crippen molar-refractivity contribution in [2.75, 3.05) is 25.4 Å². The van der Waals surface area contributed by atoms with E-state index in [-0.39, 0.29) is 0 Å². The maximum absolute atomic E-state index is 5.69. The monoisotopic (exact) mass is 234 g/mol. The fourth-order valence-corrected chi connectivity index (χ4v) is 2.35. The van der Waals surface area contributed by atoms with Crippen molar-refractivity contribution in [2.24, 2.45) is 0 Å². The lowest BCUT2D eigenvalue weighted by molar-refractivity contribution is 0.222. The molecule has 96 valence electrons. The lowest BCUT2D eigenvalue weighted by Gasteiger charge is -2.31. The van der Waals surface area contributed by atoms with Gasteiger partial charge in [0.05, 0.1) is 0 Å². The number of nitrogens with zero attached hydrogens (tertiary/aromatic N) is 1. The molecule has 0 aliphatic carbocycles. The first-order valence-electron chi connectivity index (χ1n) is 6.87. The molecule has 0 amide bonds. The number of rotatable bonds is 2. The molecule has 1 heterocycles. The standard InChI is InChI=1S/C13H20N2.C2H6/c1-2-15-9-7-12(8-10-15)11-3-5-13(14)6-4-11;1-2/h3-6,12H,2,7-10,14H2,1H3;1-2H3. The fraction of sp³-hybridized carbons (Fsp3) is 0.600. The van der Waals surface area contributed by atoms with E-state index >= 15 is 0 Å². The molecule has 1 aliphatic rings. The molecule has 1 aliphatic heterocycles. The zero-order valence-electron chi connectivity index (χ0n) is 11.4. The SMILES string of the molecule is CC.CCN1CCC(c2ccc(N)cc2)CC1. The molecule has 0 unspecified atom stereocenters. The Labute approximate surface area is 106 Å². The van der Waals surface area contributed by atoms with Crippen LogP contribution in [0.4, 0.5) is 5.69 Å². The van der Waals surface area contributed by atoms with Crippen LogP contribution >= 0.6 is 0 Å². The van der Waals surface area contributed by atoms with E-state index in [0.29, 0.717) is 0 Å². The second-order valence-electron chi connectivity index (χ2n) is 4.38. The number of nitrogens with two attached hydrogens (primary N) is 1. The minimum Gasteiger partial charge on any atom is -0.399 e. The smallest absolute Gasteiger partial charge is 0.0314 e. The van der Waals surface area contributed by atoms with Crippen molar-refractivity contribution in [3.63, 3.8) is 0 Å². The maximum atomic E-state index is 5.69. The van der Waals surface area contributed by atoms with Gasteiger partial charge in [0.1, 0.15) is 0 Å². The van der Waals surface area contributed by atoms with E-state index in [9.17, 15) is 0 Å². The van der Waals surface area contributed by atoms with Crippen molar-refractivity contribution in [3.8, 4) is 0 Å². The van der Waals surface area contributed by atoms with Crippen molar-refractivity contribution in [1.82, 2.24) is 4.90 Å². The van der Waals surface area contributed by atoms with Crippen LogP contribution in [0.1, 0.15) is 45.1 Å². The summed E-state index contributed by atoms with van der Waals surface area (Å²) in [5.74, 6) is 0.744. The highest BCUT2D eigenvalue weighted by atomic mass is 15.1. The normalized spacial score (nSPS) is 17.4. The highest BCUT2D eigenvalue weighted by Crippen LogP contribution is 2.28. The summed E-state index contributed by atoms with van der Waals surface area (Å²) in [5, 5.41) is 0. The quantitative estimate of drug-likeness (QED) is 0.794. The van der Waals surface area contributed by atoms with Gasteiger partial charge in [-0.3, -0.25) is 0 Å². The fourth-order valence-electron chi connectivity index (χ4n) is 2.35. The van der Waals surface area contributed by atoms with Gasteiger partial charge < -0.3 is 10.6 Å². The molecule has 1 aromatic rings. The lowest BCUT2D eigenvalue weighted by atomic mass is 9.89. The third-order valence-electron chi connectivity index (χ3n) is 3.44. The Kier molecular flexibility index (Phi) is 6.06. The van der Waals surface area contributed by atoms with Crippen LogP contribution in [-0.4, -0.2) is 24.5 Å². The summed E-state index contributed by atoms with van der Waals surface area (Å²) in [4.78, 5) is 2.52.